The number of aromatic nitrogens is 8. The average molecular weight is 1200 g/mol. The van der Waals surface area contributed by atoms with Gasteiger partial charge in [-0.2, -0.15) is 20.4 Å². The number of fused-ring (bicyclic) bond motifs is 4. The first-order chi connectivity index (χ1) is 40.8. The predicted octanol–water partition coefficient (Wildman–Crippen LogP) is 6.92. The van der Waals surface area contributed by atoms with Gasteiger partial charge in [0.25, 0.3) is 0 Å². The molecule has 7 aliphatic rings. The van der Waals surface area contributed by atoms with Gasteiger partial charge in [0.2, 0.25) is 11.6 Å². The molecule has 0 aliphatic heterocycles. The molecule has 470 valence electrons. The summed E-state index contributed by atoms with van der Waals surface area (Å²) in [6.45, 7) is 20.3. The van der Waals surface area contributed by atoms with Crippen molar-refractivity contribution in [1.29, 1.82) is 0 Å². The van der Waals surface area contributed by atoms with Crippen molar-refractivity contribution in [2.24, 2.45) is 47.3 Å². The number of carboxylic acids is 2. The van der Waals surface area contributed by atoms with Gasteiger partial charge < -0.3 is 29.2 Å². The summed E-state index contributed by atoms with van der Waals surface area (Å²) in [5.41, 5.74) is 9.46. The van der Waals surface area contributed by atoms with Crippen LogP contribution in [-0.2, 0) is 104 Å². The van der Waals surface area contributed by atoms with Gasteiger partial charge in [-0.15, -0.1) is 0 Å². The molecule has 0 bridgehead atoms. The molecule has 86 heavy (non-hydrogen) atoms. The summed E-state index contributed by atoms with van der Waals surface area (Å²) >= 11 is 0. The van der Waals surface area contributed by atoms with E-state index in [1.165, 1.54) is 0 Å². The fourth-order valence-corrected chi connectivity index (χ4v) is 11.5. The molecule has 0 spiro atoms. The van der Waals surface area contributed by atoms with Gasteiger partial charge in [0.05, 0.1) is 38.3 Å². The molecule has 6 N–H and O–H groups in total. The minimum atomic E-state index is -0.929. The third kappa shape index (κ3) is 18.8. The topological polar surface area (TPSA) is 380 Å². The van der Waals surface area contributed by atoms with Gasteiger partial charge in [0.1, 0.15) is 17.3 Å². The van der Waals surface area contributed by atoms with Gasteiger partial charge in [0, 0.05) is 70.7 Å². The summed E-state index contributed by atoms with van der Waals surface area (Å²) in [6, 6.07) is 0. The van der Waals surface area contributed by atoms with Gasteiger partial charge in [-0.1, -0.05) is 41.5 Å². The molecule has 0 saturated heterocycles. The van der Waals surface area contributed by atoms with Gasteiger partial charge >= 0.3 is 35.8 Å². The van der Waals surface area contributed by atoms with Crippen LogP contribution in [0.4, 0.5) is 0 Å². The number of ether oxygens (including phenoxy) is 4. The van der Waals surface area contributed by atoms with E-state index >= 15 is 0 Å². The molecule has 4 aromatic heterocycles. The highest BCUT2D eigenvalue weighted by Crippen LogP contribution is 2.32. The quantitative estimate of drug-likeness (QED) is 0.0362. The Morgan fingerprint density at radius 2 is 0.686 bits per heavy atom. The minimum absolute atomic E-state index is 0.129. The van der Waals surface area contributed by atoms with Crippen molar-refractivity contribution in [2.45, 2.75) is 172 Å². The molecule has 8 unspecified atom stereocenters. The van der Waals surface area contributed by atoms with Crippen molar-refractivity contribution in [3.63, 3.8) is 0 Å². The first kappa shape index (κ1) is 68.8. The number of carbonyl (C=O) groups is 11. The van der Waals surface area contributed by atoms with Crippen LogP contribution in [0, 0.1) is 47.3 Å². The van der Waals surface area contributed by atoms with Crippen LogP contribution in [0.2, 0.25) is 0 Å². The highest BCUT2D eigenvalue weighted by Gasteiger charge is 2.40. The van der Waals surface area contributed by atoms with Crippen LogP contribution in [0.1, 0.15) is 208 Å². The molecular formula is C61H84N8O17. The summed E-state index contributed by atoms with van der Waals surface area (Å²) in [5.74, 6) is -4.17. The lowest BCUT2D eigenvalue weighted by molar-refractivity contribution is -0.156. The zero-order valence-corrected chi connectivity index (χ0v) is 51.1. The fourth-order valence-electron chi connectivity index (χ4n) is 11.5. The van der Waals surface area contributed by atoms with E-state index in [1.807, 2.05) is 13.8 Å². The van der Waals surface area contributed by atoms with Crippen molar-refractivity contribution >= 4 is 64.7 Å². The monoisotopic (exact) mass is 1200 g/mol. The Morgan fingerprint density at radius 3 is 0.919 bits per heavy atom. The van der Waals surface area contributed by atoms with Gasteiger partial charge in [-0.05, 0) is 140 Å². The van der Waals surface area contributed by atoms with Gasteiger partial charge in [0.15, 0.2) is 22.8 Å². The Hall–Kier alpha value is -7.99. The fraction of sp³-hybridized carbons (Fsp3) is 0.623. The van der Waals surface area contributed by atoms with E-state index in [1.54, 1.807) is 27.7 Å². The van der Waals surface area contributed by atoms with Gasteiger partial charge in [-0.3, -0.25) is 44.4 Å². The molecule has 25 heteroatoms. The van der Waals surface area contributed by atoms with Crippen LogP contribution >= 0.6 is 0 Å². The van der Waals surface area contributed by atoms with Crippen molar-refractivity contribution in [3.8, 4) is 0 Å². The van der Waals surface area contributed by atoms with Crippen LogP contribution in [0.15, 0.2) is 0 Å². The molecule has 11 rings (SSSR count). The van der Waals surface area contributed by atoms with Crippen molar-refractivity contribution < 1.29 is 81.9 Å². The maximum absolute atomic E-state index is 11.5. The van der Waals surface area contributed by atoms with E-state index in [9.17, 15) is 52.7 Å². The Kier molecular flexibility index (Phi) is 26.0. The summed E-state index contributed by atoms with van der Waals surface area (Å²) < 4.78 is 19.0. The lowest BCUT2D eigenvalue weighted by Gasteiger charge is -2.05. The number of rotatable bonds is 12. The number of nitrogens with one attached hydrogen (secondary N) is 4. The van der Waals surface area contributed by atoms with E-state index in [2.05, 4.69) is 78.0 Å². The van der Waals surface area contributed by atoms with E-state index in [0.29, 0.717) is 79.7 Å². The number of Topliss-reactive ketones (excluding diaryl/α,β-unsaturated/α-hetero) is 5. The van der Waals surface area contributed by atoms with Crippen molar-refractivity contribution in [1.82, 2.24) is 40.8 Å². The zero-order chi connectivity index (χ0) is 63.5. The van der Waals surface area contributed by atoms with Crippen LogP contribution in [-0.4, -0.2) is 142 Å². The highest BCUT2D eigenvalue weighted by atomic mass is 16.5. The highest BCUT2D eigenvalue weighted by molar-refractivity contribution is 6.39. The Balaban J connectivity index is 0.000000185. The first-order valence-electron chi connectivity index (χ1n) is 29.9. The molecular weight excluding hydrogens is 1120 g/mol. The molecule has 3 fully saturated rings. The Morgan fingerprint density at radius 1 is 0.407 bits per heavy atom. The molecule has 25 nitrogen and oxygen atoms in total. The standard InChI is InChI=1S/2C10H14N2O2.2C10H14O4.2C8H10N2O2.C5H8O/c2*1-3-14-10(13)9-7-4-6(2)5-8(7)11-12-9;2*1-3-14-10(13)9(12)7-4-6(2)5-8(7)11;2*1-4-2-5-6(3-4)9-10-7(5)8(11)12;6-5-3-1-2-4-5/h2*6H,3-5H2,1-2H3,(H,11,12);2*6-7H,3-5H2,1-2H3;2*4H,2-3H2,1H3,(H,9,10)(H,11,12);1-4H2. The molecule has 0 aromatic carbocycles. The molecule has 7 aliphatic carbocycles. The van der Waals surface area contributed by atoms with E-state index in [-0.39, 0.29) is 59.9 Å². The number of aromatic carboxylic acids is 2. The molecule has 8 atom stereocenters. The normalized spacial score (nSPS) is 22.3. The number of carbonyl (C=O) groups excluding carboxylic acids is 9. The van der Waals surface area contributed by atoms with E-state index < -0.39 is 47.3 Å². The smallest absolute Gasteiger partial charge is 0.375 e. The van der Waals surface area contributed by atoms with Crippen molar-refractivity contribution in [3.05, 3.63) is 67.8 Å². The van der Waals surface area contributed by atoms with Gasteiger partial charge in [-0.25, -0.2) is 28.8 Å². The zero-order valence-electron chi connectivity index (χ0n) is 51.1. The second-order valence-corrected chi connectivity index (χ2v) is 23.3. The summed E-state index contributed by atoms with van der Waals surface area (Å²) in [7, 11) is 0. The number of hydrogen-bond donors (Lipinski definition) is 6. The van der Waals surface area contributed by atoms with Crippen LogP contribution in [0.25, 0.3) is 0 Å². The third-order valence-electron chi connectivity index (χ3n) is 15.5. The van der Waals surface area contributed by atoms with E-state index in [4.69, 9.17) is 19.7 Å². The number of ketones is 5. The first-order valence-corrected chi connectivity index (χ1v) is 29.9. The lowest BCUT2D eigenvalue weighted by atomic mass is 10.0. The number of aromatic amines is 4. The van der Waals surface area contributed by atoms with E-state index in [0.717, 1.165) is 122 Å². The SMILES string of the molecule is CC1Cc2[nH]nc(C(=O)O)c2C1.CC1Cc2[nH]nc(C(=O)O)c2C1.CCOC(=O)C(=O)C1CC(C)CC1=O.CCOC(=O)C(=O)C1CC(C)CC1=O.CCOC(=O)c1n[nH]c2c1CC(C)C2.CCOC(=O)c1n[nH]c2c1CC(C)C2.O=C1CCCC1. The number of carboxylic acid groups (broad SMARTS) is 2. The van der Waals surface area contributed by atoms with Crippen LogP contribution in [0.3, 0.4) is 0 Å². The summed E-state index contributed by atoms with van der Waals surface area (Å²) in [5, 5.41) is 44.3. The Labute approximate surface area is 499 Å². The maximum atomic E-state index is 11.5. The number of H-pyrrole nitrogens is 4. The number of esters is 4. The second kappa shape index (κ2) is 32.5. The van der Waals surface area contributed by atoms with Crippen LogP contribution in [0.5, 0.6) is 0 Å². The summed E-state index contributed by atoms with van der Waals surface area (Å²) in [4.78, 5) is 122. The third-order valence-corrected chi connectivity index (χ3v) is 15.5. The molecule has 0 radical (unpaired) electrons. The molecule has 0 amide bonds. The molecule has 4 heterocycles. The molecule has 4 aromatic rings. The average Bonchev–Trinajstić information content (AvgIpc) is 2.54. The maximum Gasteiger partial charge on any atom is 0.375 e. The Bertz CT molecular complexity index is 2890. The predicted molar refractivity (Wildman–Crippen MR) is 307 cm³/mol. The largest absolute Gasteiger partial charge is 0.476 e. The second-order valence-electron chi connectivity index (χ2n) is 23.3. The molecule has 3 saturated carbocycles. The number of nitrogens with zero attached hydrogens (tertiary/aromatic N) is 4. The van der Waals surface area contributed by atoms with Crippen LogP contribution < -0.4 is 0 Å². The lowest BCUT2D eigenvalue weighted by Crippen LogP contribution is -2.28. The number of hydrogen-bond acceptors (Lipinski definition) is 19. The minimum Gasteiger partial charge on any atom is -0.476 e. The van der Waals surface area contributed by atoms with Crippen molar-refractivity contribution in [2.75, 3.05) is 26.4 Å². The summed E-state index contributed by atoms with van der Waals surface area (Å²) in [6.07, 6.45) is 13.1.